The Balaban J connectivity index is 2.13. The average Bonchev–Trinajstić information content (AvgIpc) is 2.61. The Morgan fingerprint density at radius 1 is 0.593 bits per heavy atom. The zero-order chi connectivity index (χ0) is 20.1. The average molecular weight is 377 g/mol. The Hall–Kier alpha value is -4.30. The summed E-state index contributed by atoms with van der Waals surface area (Å²) in [7, 11) is 0.649. The fourth-order valence-corrected chi connectivity index (χ4v) is 1.89. The van der Waals surface area contributed by atoms with Crippen LogP contribution in [-0.4, -0.2) is 27.4 Å². The van der Waals surface area contributed by atoms with E-state index >= 15 is 0 Å². The standard InChI is InChI=1S/C12H6BN4O10/c18-14(19)9-3-1-7(5-11(9)16(22)23)26-13-27-8-2-4-10(15(20)21)12(6-8)17(24)25/h1-6H. The van der Waals surface area contributed by atoms with Gasteiger partial charge in [-0.2, -0.15) is 0 Å². The van der Waals surface area contributed by atoms with Gasteiger partial charge in [0, 0.05) is 12.1 Å². The predicted molar refractivity (Wildman–Crippen MR) is 86.5 cm³/mol. The van der Waals surface area contributed by atoms with Crippen LogP contribution >= 0.6 is 0 Å². The van der Waals surface area contributed by atoms with E-state index in [-0.39, 0.29) is 11.5 Å². The maximum atomic E-state index is 10.8. The number of hydrogen-bond donors (Lipinski definition) is 0. The summed E-state index contributed by atoms with van der Waals surface area (Å²) in [6.07, 6.45) is 0. The van der Waals surface area contributed by atoms with Crippen LogP contribution in [0.3, 0.4) is 0 Å². The lowest BCUT2D eigenvalue weighted by molar-refractivity contribution is -0.422. The van der Waals surface area contributed by atoms with E-state index in [2.05, 4.69) is 0 Å². The molecule has 0 saturated carbocycles. The van der Waals surface area contributed by atoms with Crippen LogP contribution in [0.25, 0.3) is 0 Å². The van der Waals surface area contributed by atoms with Crippen molar-refractivity contribution in [2.45, 2.75) is 0 Å². The maximum absolute atomic E-state index is 10.8. The molecule has 15 heteroatoms. The molecule has 0 bridgehead atoms. The molecular weight excluding hydrogens is 371 g/mol. The predicted octanol–water partition coefficient (Wildman–Crippen LogP) is 2.31. The van der Waals surface area contributed by atoms with Crippen molar-refractivity contribution in [2.24, 2.45) is 0 Å². The highest BCUT2D eigenvalue weighted by atomic mass is 16.6. The molecule has 1 radical (unpaired) electrons. The fraction of sp³-hybridized carbons (Fsp3) is 0. The summed E-state index contributed by atoms with van der Waals surface area (Å²) < 4.78 is 9.87. The normalized spacial score (nSPS) is 9.93. The van der Waals surface area contributed by atoms with E-state index in [0.717, 1.165) is 36.4 Å². The van der Waals surface area contributed by atoms with Gasteiger partial charge in [0.2, 0.25) is 0 Å². The first-order chi connectivity index (χ1) is 12.7. The second kappa shape index (κ2) is 7.73. The van der Waals surface area contributed by atoms with Gasteiger partial charge in [0.15, 0.2) is 0 Å². The third-order valence-corrected chi connectivity index (χ3v) is 3.05. The number of nitro benzene ring substituents is 4. The summed E-state index contributed by atoms with van der Waals surface area (Å²) in [5, 5.41) is 43.1. The van der Waals surface area contributed by atoms with Crippen LogP contribution in [0.2, 0.25) is 0 Å². The summed E-state index contributed by atoms with van der Waals surface area (Å²) in [4.78, 5) is 39.3. The minimum atomic E-state index is -0.967. The van der Waals surface area contributed by atoms with Gasteiger partial charge in [-0.1, -0.05) is 0 Å². The highest BCUT2D eigenvalue weighted by Gasteiger charge is 2.26. The first-order valence-electron chi connectivity index (χ1n) is 6.71. The van der Waals surface area contributed by atoms with Gasteiger partial charge in [0.05, 0.1) is 31.8 Å². The van der Waals surface area contributed by atoms with Crippen molar-refractivity contribution in [1.29, 1.82) is 0 Å². The molecule has 2 aromatic carbocycles. The van der Waals surface area contributed by atoms with Crippen molar-refractivity contribution in [3.63, 3.8) is 0 Å². The first kappa shape index (κ1) is 19.0. The molecule has 0 heterocycles. The van der Waals surface area contributed by atoms with Crippen LogP contribution in [0.5, 0.6) is 11.5 Å². The van der Waals surface area contributed by atoms with Crippen LogP contribution in [0.15, 0.2) is 36.4 Å². The van der Waals surface area contributed by atoms with Crippen molar-refractivity contribution in [3.8, 4) is 11.5 Å². The third-order valence-electron chi connectivity index (χ3n) is 3.05. The molecule has 27 heavy (non-hydrogen) atoms. The van der Waals surface area contributed by atoms with Gasteiger partial charge < -0.3 is 9.31 Å². The lowest BCUT2D eigenvalue weighted by Crippen LogP contribution is -2.11. The Bertz CT molecular complexity index is 874. The minimum absolute atomic E-state index is 0.177. The van der Waals surface area contributed by atoms with Gasteiger partial charge in [-0.3, -0.25) is 40.5 Å². The van der Waals surface area contributed by atoms with Crippen molar-refractivity contribution in [3.05, 3.63) is 76.9 Å². The van der Waals surface area contributed by atoms with E-state index in [1.54, 1.807) is 0 Å². The summed E-state index contributed by atoms with van der Waals surface area (Å²) >= 11 is 0. The molecule has 0 aliphatic rings. The fourth-order valence-electron chi connectivity index (χ4n) is 1.89. The molecular formula is C12H6BN4O10. The van der Waals surface area contributed by atoms with Gasteiger partial charge in [0.1, 0.15) is 11.5 Å². The SMILES string of the molecule is O=[N+]([O-])c1ccc(O[B]Oc2ccc([N+](=O)[O-])c([N+](=O)[O-])c2)cc1[N+](=O)[O-]. The zero-order valence-electron chi connectivity index (χ0n) is 12.9. The monoisotopic (exact) mass is 377 g/mol. The van der Waals surface area contributed by atoms with E-state index in [1.807, 2.05) is 0 Å². The summed E-state index contributed by atoms with van der Waals surface area (Å²) in [6, 6.07) is 5.44. The zero-order valence-corrected chi connectivity index (χ0v) is 12.9. The number of rotatable bonds is 8. The quantitative estimate of drug-likeness (QED) is 0.374. The molecule has 0 amide bonds. The van der Waals surface area contributed by atoms with Gasteiger partial charge in [-0.15, -0.1) is 0 Å². The molecule has 2 rings (SSSR count). The van der Waals surface area contributed by atoms with E-state index in [0.29, 0.717) is 7.69 Å². The molecule has 0 unspecified atom stereocenters. The molecule has 0 aliphatic carbocycles. The smallest absolute Gasteiger partial charge is 0.526 e. The second-order valence-electron chi connectivity index (χ2n) is 4.66. The molecule has 0 saturated heterocycles. The lowest BCUT2D eigenvalue weighted by Gasteiger charge is -2.06. The first-order valence-corrected chi connectivity index (χ1v) is 6.71. The number of nitrogens with zero attached hydrogens (tertiary/aromatic N) is 4. The number of benzene rings is 2. The van der Waals surface area contributed by atoms with Crippen molar-refractivity contribution >= 4 is 30.4 Å². The van der Waals surface area contributed by atoms with Crippen LogP contribution in [-0.2, 0) is 0 Å². The summed E-state index contributed by atoms with van der Waals surface area (Å²) in [5.41, 5.74) is -3.09. The minimum Gasteiger partial charge on any atom is -0.526 e. The summed E-state index contributed by atoms with van der Waals surface area (Å²) in [5.74, 6) is -0.354. The van der Waals surface area contributed by atoms with Gasteiger partial charge in [-0.25, -0.2) is 0 Å². The molecule has 2 aromatic rings. The highest BCUT2D eigenvalue weighted by molar-refractivity contribution is 6.20. The van der Waals surface area contributed by atoms with Gasteiger partial charge in [-0.05, 0) is 12.1 Å². The molecule has 0 N–H and O–H groups in total. The van der Waals surface area contributed by atoms with E-state index in [1.165, 1.54) is 0 Å². The van der Waals surface area contributed by atoms with E-state index in [4.69, 9.17) is 9.31 Å². The largest absolute Gasteiger partial charge is 0.658 e. The van der Waals surface area contributed by atoms with Crippen molar-refractivity contribution < 1.29 is 29.0 Å². The van der Waals surface area contributed by atoms with Gasteiger partial charge in [0.25, 0.3) is 0 Å². The molecule has 0 aliphatic heterocycles. The van der Waals surface area contributed by atoms with E-state index in [9.17, 15) is 40.5 Å². The summed E-state index contributed by atoms with van der Waals surface area (Å²) in [6.45, 7) is 0. The van der Waals surface area contributed by atoms with Crippen molar-refractivity contribution in [2.75, 3.05) is 0 Å². The Kier molecular flexibility index (Phi) is 5.45. The van der Waals surface area contributed by atoms with Crippen LogP contribution in [0.4, 0.5) is 22.7 Å². The molecule has 0 fully saturated rings. The third kappa shape index (κ3) is 4.41. The molecule has 14 nitrogen and oxygen atoms in total. The molecule has 0 atom stereocenters. The Morgan fingerprint density at radius 3 is 1.22 bits per heavy atom. The number of hydrogen-bond acceptors (Lipinski definition) is 10. The molecule has 0 spiro atoms. The lowest BCUT2D eigenvalue weighted by atomic mass is 10.2. The number of nitro groups is 4. The van der Waals surface area contributed by atoms with Crippen LogP contribution < -0.4 is 9.31 Å². The van der Waals surface area contributed by atoms with Gasteiger partial charge >= 0.3 is 30.4 Å². The topological polar surface area (TPSA) is 191 Å². The van der Waals surface area contributed by atoms with Crippen LogP contribution in [0.1, 0.15) is 0 Å². The highest BCUT2D eigenvalue weighted by Crippen LogP contribution is 2.32. The van der Waals surface area contributed by atoms with Crippen LogP contribution in [0, 0.1) is 40.5 Å². The molecule has 137 valence electrons. The second-order valence-corrected chi connectivity index (χ2v) is 4.66. The molecule has 0 aromatic heterocycles. The van der Waals surface area contributed by atoms with E-state index < -0.39 is 42.4 Å². The Morgan fingerprint density at radius 2 is 0.926 bits per heavy atom. The maximum Gasteiger partial charge on any atom is 0.658 e. The van der Waals surface area contributed by atoms with Crippen molar-refractivity contribution in [1.82, 2.24) is 0 Å². The Labute approximate surface area is 148 Å².